The van der Waals surface area contributed by atoms with Crippen molar-refractivity contribution in [2.45, 2.75) is 26.3 Å². The van der Waals surface area contributed by atoms with E-state index in [1.165, 1.54) is 0 Å². The van der Waals surface area contributed by atoms with Gasteiger partial charge in [0.15, 0.2) is 0 Å². The molecule has 1 aliphatic heterocycles. The maximum Gasteiger partial charge on any atom is 0.335 e. The predicted molar refractivity (Wildman–Crippen MR) is 78.4 cm³/mol. The molecule has 0 aromatic carbocycles. The topological polar surface area (TPSA) is 78.8 Å². The highest BCUT2D eigenvalue weighted by atomic mass is 16.2. The highest BCUT2D eigenvalue weighted by Gasteiger charge is 2.44. The Bertz CT molecular complexity index is 583. The maximum atomic E-state index is 12.2. The van der Waals surface area contributed by atoms with E-state index in [1.807, 2.05) is 20.2 Å². The standard InChI is InChI=1S/C14H21N5O3/c1-4-5-6-18-12(20)13(21)19(14(18)22)10-16(2)8-11-7-15-17(3)9-11/h7,9H,4-6,8,10H2,1-3H3. The monoisotopic (exact) mass is 307 g/mol. The van der Waals surface area contributed by atoms with Crippen molar-refractivity contribution in [1.29, 1.82) is 0 Å². The number of amides is 4. The Labute approximate surface area is 129 Å². The Hall–Kier alpha value is -2.22. The molecule has 1 aromatic heterocycles. The van der Waals surface area contributed by atoms with E-state index in [9.17, 15) is 14.4 Å². The molecule has 2 heterocycles. The normalized spacial score (nSPS) is 15.5. The molecule has 0 unspecified atom stereocenters. The molecular weight excluding hydrogens is 286 g/mol. The smallest absolute Gasteiger partial charge is 0.284 e. The Morgan fingerprint density at radius 1 is 1.18 bits per heavy atom. The van der Waals surface area contributed by atoms with Gasteiger partial charge in [0.25, 0.3) is 0 Å². The number of rotatable bonds is 7. The van der Waals surface area contributed by atoms with Gasteiger partial charge < -0.3 is 0 Å². The van der Waals surface area contributed by atoms with E-state index >= 15 is 0 Å². The number of carbonyl (C=O) groups is 3. The molecule has 1 fully saturated rings. The molecule has 120 valence electrons. The summed E-state index contributed by atoms with van der Waals surface area (Å²) >= 11 is 0. The minimum atomic E-state index is -0.751. The molecule has 0 N–H and O–H groups in total. The Morgan fingerprint density at radius 3 is 2.45 bits per heavy atom. The van der Waals surface area contributed by atoms with E-state index in [-0.39, 0.29) is 6.67 Å². The van der Waals surface area contributed by atoms with Crippen LogP contribution in [-0.4, -0.2) is 62.6 Å². The van der Waals surface area contributed by atoms with Gasteiger partial charge in [-0.3, -0.25) is 24.1 Å². The van der Waals surface area contributed by atoms with Gasteiger partial charge in [-0.25, -0.2) is 9.69 Å². The van der Waals surface area contributed by atoms with Crippen molar-refractivity contribution >= 4 is 17.8 Å². The van der Waals surface area contributed by atoms with Crippen LogP contribution in [0, 0.1) is 0 Å². The van der Waals surface area contributed by atoms with Crippen molar-refractivity contribution in [3.8, 4) is 0 Å². The molecule has 1 aromatic rings. The predicted octanol–water partition coefficient (Wildman–Crippen LogP) is 0.400. The van der Waals surface area contributed by atoms with Crippen LogP contribution in [0.4, 0.5) is 4.79 Å². The number of aryl methyl sites for hydroxylation is 1. The number of hydrogen-bond acceptors (Lipinski definition) is 5. The quantitative estimate of drug-likeness (QED) is 0.538. The number of imide groups is 2. The van der Waals surface area contributed by atoms with Crippen molar-refractivity contribution < 1.29 is 14.4 Å². The molecular formula is C14H21N5O3. The van der Waals surface area contributed by atoms with E-state index < -0.39 is 17.8 Å². The van der Waals surface area contributed by atoms with E-state index in [0.29, 0.717) is 19.5 Å². The second-order valence-electron chi connectivity index (χ2n) is 5.50. The first kappa shape index (κ1) is 16.2. The van der Waals surface area contributed by atoms with E-state index in [4.69, 9.17) is 0 Å². The number of carbonyl (C=O) groups excluding carboxylic acids is 3. The summed E-state index contributed by atoms with van der Waals surface area (Å²) in [4.78, 5) is 39.8. The lowest BCUT2D eigenvalue weighted by Gasteiger charge is -2.21. The van der Waals surface area contributed by atoms with Crippen molar-refractivity contribution in [2.75, 3.05) is 20.3 Å². The van der Waals surface area contributed by atoms with Crippen LogP contribution in [0.25, 0.3) is 0 Å². The van der Waals surface area contributed by atoms with Gasteiger partial charge >= 0.3 is 17.8 Å². The fourth-order valence-electron chi connectivity index (χ4n) is 2.35. The van der Waals surface area contributed by atoms with Crippen molar-refractivity contribution in [3.63, 3.8) is 0 Å². The van der Waals surface area contributed by atoms with Crippen LogP contribution in [0.3, 0.4) is 0 Å². The summed E-state index contributed by atoms with van der Waals surface area (Å²) < 4.78 is 1.69. The molecule has 8 nitrogen and oxygen atoms in total. The SMILES string of the molecule is CCCCN1C(=O)C(=O)N(CN(C)Cc2cnn(C)c2)C1=O. The summed E-state index contributed by atoms with van der Waals surface area (Å²) in [5.74, 6) is -1.48. The molecule has 0 spiro atoms. The van der Waals surface area contributed by atoms with Gasteiger partial charge in [-0.05, 0) is 13.5 Å². The van der Waals surface area contributed by atoms with Crippen molar-refractivity contribution in [2.24, 2.45) is 7.05 Å². The molecule has 1 aliphatic rings. The summed E-state index contributed by atoms with van der Waals surface area (Å²) in [6.07, 6.45) is 5.14. The van der Waals surface area contributed by atoms with E-state index in [2.05, 4.69) is 5.10 Å². The first-order valence-electron chi connectivity index (χ1n) is 7.27. The zero-order chi connectivity index (χ0) is 16.3. The number of urea groups is 1. The zero-order valence-corrected chi connectivity index (χ0v) is 13.2. The van der Waals surface area contributed by atoms with Gasteiger partial charge in [0, 0.05) is 31.9 Å². The Kier molecular flexibility index (Phi) is 4.92. The summed E-state index contributed by atoms with van der Waals surface area (Å²) in [6.45, 7) is 2.88. The fourth-order valence-corrected chi connectivity index (χ4v) is 2.35. The zero-order valence-electron chi connectivity index (χ0n) is 13.2. The molecule has 22 heavy (non-hydrogen) atoms. The molecule has 0 atom stereocenters. The van der Waals surface area contributed by atoms with Gasteiger partial charge in [-0.15, -0.1) is 0 Å². The summed E-state index contributed by atoms with van der Waals surface area (Å²) in [7, 11) is 3.61. The Morgan fingerprint density at radius 2 is 1.86 bits per heavy atom. The minimum absolute atomic E-state index is 0.0843. The first-order chi connectivity index (χ1) is 10.4. The lowest BCUT2D eigenvalue weighted by molar-refractivity contribution is -0.143. The molecule has 1 saturated heterocycles. The van der Waals surface area contributed by atoms with Crippen molar-refractivity contribution in [3.05, 3.63) is 18.0 Å². The third kappa shape index (κ3) is 3.33. The molecule has 0 saturated carbocycles. The fraction of sp³-hybridized carbons (Fsp3) is 0.571. The average Bonchev–Trinajstić information content (AvgIpc) is 2.95. The number of hydrogen-bond donors (Lipinski definition) is 0. The third-order valence-electron chi connectivity index (χ3n) is 3.46. The summed E-state index contributed by atoms with van der Waals surface area (Å²) in [6, 6.07) is -0.526. The van der Waals surface area contributed by atoms with Crippen LogP contribution in [0.5, 0.6) is 0 Å². The largest absolute Gasteiger partial charge is 0.335 e. The lowest BCUT2D eigenvalue weighted by Crippen LogP contribution is -2.40. The van der Waals surface area contributed by atoms with E-state index in [0.717, 1.165) is 21.8 Å². The minimum Gasteiger partial charge on any atom is -0.284 e. The summed E-state index contributed by atoms with van der Waals surface area (Å²) in [5, 5.41) is 4.07. The van der Waals surface area contributed by atoms with Gasteiger partial charge in [-0.1, -0.05) is 13.3 Å². The number of nitrogens with zero attached hydrogens (tertiary/aromatic N) is 5. The van der Waals surface area contributed by atoms with Gasteiger partial charge in [0.1, 0.15) is 0 Å². The second-order valence-corrected chi connectivity index (χ2v) is 5.50. The van der Waals surface area contributed by atoms with Crippen LogP contribution in [0.15, 0.2) is 12.4 Å². The van der Waals surface area contributed by atoms with E-state index in [1.54, 1.807) is 22.8 Å². The van der Waals surface area contributed by atoms with Crippen LogP contribution in [0.1, 0.15) is 25.3 Å². The maximum absolute atomic E-state index is 12.2. The summed E-state index contributed by atoms with van der Waals surface area (Å²) in [5.41, 5.74) is 0.971. The van der Waals surface area contributed by atoms with Crippen LogP contribution >= 0.6 is 0 Å². The first-order valence-corrected chi connectivity index (χ1v) is 7.27. The molecule has 0 bridgehead atoms. The second kappa shape index (κ2) is 6.69. The number of unbranched alkanes of at least 4 members (excludes halogenated alkanes) is 1. The molecule has 0 radical (unpaired) electrons. The highest BCUT2D eigenvalue weighted by molar-refractivity contribution is 6.44. The van der Waals surface area contributed by atoms with Crippen LogP contribution in [0.2, 0.25) is 0 Å². The molecule has 0 aliphatic carbocycles. The third-order valence-corrected chi connectivity index (χ3v) is 3.46. The molecule has 2 rings (SSSR count). The van der Waals surface area contributed by atoms with Crippen molar-refractivity contribution in [1.82, 2.24) is 24.5 Å². The Balaban J connectivity index is 1.98. The lowest BCUT2D eigenvalue weighted by atomic mass is 10.3. The average molecular weight is 307 g/mol. The molecule has 8 heteroatoms. The highest BCUT2D eigenvalue weighted by Crippen LogP contribution is 2.14. The van der Waals surface area contributed by atoms with Gasteiger partial charge in [-0.2, -0.15) is 5.10 Å². The van der Waals surface area contributed by atoms with Gasteiger partial charge in [0.05, 0.1) is 12.9 Å². The van der Waals surface area contributed by atoms with Gasteiger partial charge in [0.2, 0.25) is 0 Å². The number of aromatic nitrogens is 2. The van der Waals surface area contributed by atoms with Crippen LogP contribution < -0.4 is 0 Å². The molecule has 4 amide bonds. The van der Waals surface area contributed by atoms with Crippen LogP contribution in [-0.2, 0) is 23.2 Å².